The average Bonchev–Trinajstić information content (AvgIpc) is 1.84. The molecule has 1 radical (unpaired) electrons. The van der Waals surface area contributed by atoms with Gasteiger partial charge in [0.05, 0.1) is 0 Å². The Labute approximate surface area is 55.0 Å². The van der Waals surface area contributed by atoms with E-state index in [9.17, 15) is 22.0 Å². The van der Waals surface area contributed by atoms with Gasteiger partial charge in [-0.05, 0) is 6.42 Å². The molecule has 0 aliphatic rings. The van der Waals surface area contributed by atoms with Crippen LogP contribution in [0.15, 0.2) is 0 Å². The molecule has 5 heteroatoms. The molecule has 0 aromatic carbocycles. The lowest BCUT2D eigenvalue weighted by Crippen LogP contribution is -2.25. The van der Waals surface area contributed by atoms with Crippen LogP contribution in [0.2, 0.25) is 0 Å². The SMILES string of the molecule is F[CH]CCC(F)(F)C(F)F. The zero-order valence-electron chi connectivity index (χ0n) is 4.96. The molecule has 0 fully saturated rings. The Morgan fingerprint density at radius 3 is 2.10 bits per heavy atom. The van der Waals surface area contributed by atoms with Gasteiger partial charge in [0, 0.05) is 6.42 Å². The highest BCUT2D eigenvalue weighted by atomic mass is 19.3. The Morgan fingerprint density at radius 2 is 1.80 bits per heavy atom. The fraction of sp³-hybridized carbons (Fsp3) is 0.800. The predicted octanol–water partition coefficient (Wildman–Crippen LogP) is 2.80. The number of halogens is 5. The van der Waals surface area contributed by atoms with E-state index < -0.39 is 25.2 Å². The lowest BCUT2D eigenvalue weighted by atomic mass is 10.2. The van der Waals surface area contributed by atoms with Gasteiger partial charge in [0.2, 0.25) is 0 Å². The summed E-state index contributed by atoms with van der Waals surface area (Å²) in [7, 11) is 0. The molecule has 0 atom stereocenters. The molecule has 0 amide bonds. The number of rotatable bonds is 4. The molecule has 0 saturated carbocycles. The summed E-state index contributed by atoms with van der Waals surface area (Å²) in [5, 5.41) is 0. The van der Waals surface area contributed by atoms with E-state index in [4.69, 9.17) is 0 Å². The van der Waals surface area contributed by atoms with Gasteiger partial charge in [-0.15, -0.1) is 0 Å². The Kier molecular flexibility index (Phi) is 3.60. The van der Waals surface area contributed by atoms with Crippen molar-refractivity contribution in [1.29, 1.82) is 0 Å². The quantitative estimate of drug-likeness (QED) is 0.556. The van der Waals surface area contributed by atoms with Crippen LogP contribution in [0, 0.1) is 6.67 Å². The van der Waals surface area contributed by atoms with E-state index in [1.54, 1.807) is 0 Å². The van der Waals surface area contributed by atoms with Crippen LogP contribution in [-0.4, -0.2) is 12.3 Å². The smallest absolute Gasteiger partial charge is 0.244 e. The summed E-state index contributed by atoms with van der Waals surface area (Å²) in [4.78, 5) is 0. The third-order valence-corrected chi connectivity index (χ3v) is 0.906. The minimum absolute atomic E-state index is 0.0592. The van der Waals surface area contributed by atoms with Gasteiger partial charge in [0.15, 0.2) is 0 Å². The normalized spacial score (nSPS) is 12.6. The van der Waals surface area contributed by atoms with Gasteiger partial charge in [-0.1, -0.05) is 0 Å². The Morgan fingerprint density at radius 1 is 1.30 bits per heavy atom. The van der Waals surface area contributed by atoms with Crippen molar-refractivity contribution in [3.8, 4) is 0 Å². The first kappa shape index (κ1) is 9.65. The van der Waals surface area contributed by atoms with Crippen molar-refractivity contribution in [3.05, 3.63) is 6.67 Å². The van der Waals surface area contributed by atoms with Crippen molar-refractivity contribution in [1.82, 2.24) is 0 Å². The standard InChI is InChI=1S/C5H6F5/c6-3-1-2-5(9,10)4(7)8/h3-4H,1-2H2. The third kappa shape index (κ3) is 2.98. The number of hydrogen-bond donors (Lipinski definition) is 0. The van der Waals surface area contributed by atoms with E-state index in [0.717, 1.165) is 0 Å². The van der Waals surface area contributed by atoms with Crippen LogP contribution in [0.25, 0.3) is 0 Å². The second kappa shape index (κ2) is 3.73. The molecule has 0 N–H and O–H groups in total. The zero-order chi connectivity index (χ0) is 8.20. The maximum absolute atomic E-state index is 11.8. The zero-order valence-corrected chi connectivity index (χ0v) is 4.96. The second-order valence-electron chi connectivity index (χ2n) is 1.75. The van der Waals surface area contributed by atoms with Crippen molar-refractivity contribution in [2.24, 2.45) is 0 Å². The average molecular weight is 161 g/mol. The summed E-state index contributed by atoms with van der Waals surface area (Å²) in [5.74, 6) is -4.05. The molecule has 10 heavy (non-hydrogen) atoms. The fourth-order valence-corrected chi connectivity index (χ4v) is 0.356. The largest absolute Gasteiger partial charge is 0.307 e. The summed E-state index contributed by atoms with van der Waals surface area (Å²) in [5.41, 5.74) is 0. The van der Waals surface area contributed by atoms with Gasteiger partial charge in [-0.3, -0.25) is 0 Å². The molecule has 0 nitrogen and oxygen atoms in total. The van der Waals surface area contributed by atoms with Crippen LogP contribution >= 0.6 is 0 Å². The molecule has 0 aromatic heterocycles. The fourth-order valence-electron chi connectivity index (χ4n) is 0.356. The Hall–Kier alpha value is -0.350. The monoisotopic (exact) mass is 161 g/mol. The van der Waals surface area contributed by atoms with Crippen molar-refractivity contribution >= 4 is 0 Å². The van der Waals surface area contributed by atoms with Gasteiger partial charge >= 0.3 is 12.3 Å². The van der Waals surface area contributed by atoms with E-state index in [-0.39, 0.29) is 6.67 Å². The molecular weight excluding hydrogens is 155 g/mol. The van der Waals surface area contributed by atoms with Crippen molar-refractivity contribution in [2.45, 2.75) is 25.2 Å². The predicted molar refractivity (Wildman–Crippen MR) is 25.6 cm³/mol. The van der Waals surface area contributed by atoms with E-state index in [1.165, 1.54) is 0 Å². The molecule has 0 aliphatic heterocycles. The molecular formula is C5H6F5. The minimum atomic E-state index is -4.05. The van der Waals surface area contributed by atoms with Crippen LogP contribution in [-0.2, 0) is 0 Å². The van der Waals surface area contributed by atoms with Crippen LogP contribution in [0.5, 0.6) is 0 Å². The van der Waals surface area contributed by atoms with Gasteiger partial charge in [-0.25, -0.2) is 22.0 Å². The van der Waals surface area contributed by atoms with Crippen LogP contribution in [0.4, 0.5) is 22.0 Å². The first-order valence-electron chi connectivity index (χ1n) is 2.58. The van der Waals surface area contributed by atoms with E-state index in [1.807, 2.05) is 0 Å². The summed E-state index contributed by atoms with van der Waals surface area (Å²) >= 11 is 0. The molecule has 0 heterocycles. The first-order valence-corrected chi connectivity index (χ1v) is 2.58. The van der Waals surface area contributed by atoms with Crippen LogP contribution in [0.3, 0.4) is 0 Å². The molecule has 0 aliphatic carbocycles. The van der Waals surface area contributed by atoms with Crippen molar-refractivity contribution < 1.29 is 22.0 Å². The molecule has 0 saturated heterocycles. The Balaban J connectivity index is 3.63. The van der Waals surface area contributed by atoms with Gasteiger partial charge in [-0.2, -0.15) is 0 Å². The minimum Gasteiger partial charge on any atom is -0.244 e. The molecule has 61 valence electrons. The summed E-state index contributed by atoms with van der Waals surface area (Å²) < 4.78 is 57.2. The van der Waals surface area contributed by atoms with Gasteiger partial charge in [0.25, 0.3) is 0 Å². The van der Waals surface area contributed by atoms with Crippen LogP contribution in [0.1, 0.15) is 12.8 Å². The number of alkyl halides is 4. The Bertz CT molecular complexity index is 90.0. The third-order valence-electron chi connectivity index (χ3n) is 0.906. The van der Waals surface area contributed by atoms with Gasteiger partial charge in [0.1, 0.15) is 6.67 Å². The van der Waals surface area contributed by atoms with Gasteiger partial charge < -0.3 is 0 Å². The molecule has 0 rings (SSSR count). The molecule has 0 unspecified atom stereocenters. The maximum Gasteiger partial charge on any atom is 0.307 e. The highest BCUT2D eigenvalue weighted by Gasteiger charge is 2.39. The van der Waals surface area contributed by atoms with E-state index in [2.05, 4.69) is 0 Å². The molecule has 0 aromatic rings. The second-order valence-corrected chi connectivity index (χ2v) is 1.75. The topological polar surface area (TPSA) is 0 Å². The van der Waals surface area contributed by atoms with Crippen molar-refractivity contribution in [2.75, 3.05) is 0 Å². The summed E-state index contributed by atoms with van der Waals surface area (Å²) in [6, 6.07) is 0. The summed E-state index contributed by atoms with van der Waals surface area (Å²) in [6.07, 6.45) is -5.48. The highest BCUT2D eigenvalue weighted by molar-refractivity contribution is 4.70. The molecule has 0 bridgehead atoms. The van der Waals surface area contributed by atoms with E-state index in [0.29, 0.717) is 0 Å². The van der Waals surface area contributed by atoms with Crippen molar-refractivity contribution in [3.63, 3.8) is 0 Å². The maximum atomic E-state index is 11.8. The van der Waals surface area contributed by atoms with E-state index >= 15 is 0 Å². The molecule has 0 spiro atoms. The number of hydrogen-bond acceptors (Lipinski definition) is 0. The first-order chi connectivity index (χ1) is 4.50. The highest BCUT2D eigenvalue weighted by Crippen LogP contribution is 2.28. The van der Waals surface area contributed by atoms with Crippen LogP contribution < -0.4 is 0 Å². The summed E-state index contributed by atoms with van der Waals surface area (Å²) in [6.45, 7) is -0.0592. The lowest BCUT2D eigenvalue weighted by Gasteiger charge is -2.12. The lowest BCUT2D eigenvalue weighted by molar-refractivity contribution is -0.133.